The van der Waals surface area contributed by atoms with Crippen LogP contribution in [0.1, 0.15) is 58.8 Å². The molecular formula is C32H31FN6O3S. The van der Waals surface area contributed by atoms with E-state index in [1.165, 1.54) is 41.4 Å². The molecule has 0 amide bonds. The smallest absolute Gasteiger partial charge is 0.219 e. The van der Waals surface area contributed by atoms with Crippen molar-refractivity contribution >= 4 is 40.1 Å². The lowest BCUT2D eigenvalue weighted by atomic mass is 10.1. The second kappa shape index (κ2) is 11.4. The van der Waals surface area contributed by atoms with Gasteiger partial charge in [0.15, 0.2) is 11.6 Å². The predicted molar refractivity (Wildman–Crippen MR) is 166 cm³/mol. The summed E-state index contributed by atoms with van der Waals surface area (Å²) in [5.41, 5.74) is 11.8. The first kappa shape index (κ1) is 27.5. The molecule has 1 aliphatic carbocycles. The summed E-state index contributed by atoms with van der Waals surface area (Å²) in [5.74, 6) is 0.335. The number of fused-ring (bicyclic) bond motifs is 1. The Morgan fingerprint density at radius 3 is 2.72 bits per heavy atom. The molecule has 4 N–H and O–H groups in total. The molecule has 220 valence electrons. The van der Waals surface area contributed by atoms with Crippen LogP contribution in [0.15, 0.2) is 60.9 Å². The number of nitrogens with one attached hydrogen (secondary N) is 2. The number of halogens is 1. The molecule has 11 heteroatoms. The van der Waals surface area contributed by atoms with Gasteiger partial charge in [0.1, 0.15) is 5.82 Å². The van der Waals surface area contributed by atoms with Gasteiger partial charge in [0.25, 0.3) is 0 Å². The number of ketones is 1. The second-order valence-corrected chi connectivity index (χ2v) is 12.1. The van der Waals surface area contributed by atoms with Crippen molar-refractivity contribution in [2.24, 2.45) is 0 Å². The summed E-state index contributed by atoms with van der Waals surface area (Å²) in [4.78, 5) is 21.3. The highest BCUT2D eigenvalue weighted by Gasteiger charge is 2.28. The maximum absolute atomic E-state index is 14.0. The van der Waals surface area contributed by atoms with E-state index in [0.717, 1.165) is 48.2 Å². The quantitative estimate of drug-likeness (QED) is 0.124. The molecule has 43 heavy (non-hydrogen) atoms. The van der Waals surface area contributed by atoms with Crippen molar-refractivity contribution in [1.29, 1.82) is 0 Å². The van der Waals surface area contributed by atoms with Gasteiger partial charge in [0.2, 0.25) is 11.7 Å². The average Bonchev–Trinajstić information content (AvgIpc) is 3.67. The summed E-state index contributed by atoms with van der Waals surface area (Å²) in [6, 6.07) is 14.0. The molecule has 9 nitrogen and oxygen atoms in total. The molecule has 0 unspecified atom stereocenters. The standard InChI is InChI=1S/C32H31FN6O3S/c1-18-12-30(42-29-5-3-2-4-24(29)33)35-17-28(18)39-32(34)23(16-36-39)31(40)27-14-20-13-22(19-6-7-19)26(15-25(20)37-27)38-43-21-8-10-41-11-9-21/h2-5,12-17,19,21,37-38H,6-11,34H2,1H3. The van der Waals surface area contributed by atoms with E-state index in [-0.39, 0.29) is 28.8 Å². The number of aryl methyl sites for hydroxylation is 1. The maximum atomic E-state index is 14.0. The first-order valence-corrected chi connectivity index (χ1v) is 15.3. The van der Waals surface area contributed by atoms with E-state index in [4.69, 9.17) is 15.2 Å². The van der Waals surface area contributed by atoms with Crippen molar-refractivity contribution in [2.75, 3.05) is 23.7 Å². The molecule has 1 saturated heterocycles. The number of pyridine rings is 1. The largest absolute Gasteiger partial charge is 0.436 e. The van der Waals surface area contributed by atoms with Crippen molar-refractivity contribution in [3.8, 4) is 17.3 Å². The van der Waals surface area contributed by atoms with Gasteiger partial charge in [0, 0.05) is 41.1 Å². The summed E-state index contributed by atoms with van der Waals surface area (Å²) in [5, 5.41) is 5.91. The Morgan fingerprint density at radius 2 is 1.95 bits per heavy atom. The van der Waals surface area contributed by atoms with Crippen molar-refractivity contribution < 1.29 is 18.7 Å². The Bertz CT molecular complexity index is 1830. The Labute approximate surface area is 252 Å². The highest BCUT2D eigenvalue weighted by Crippen LogP contribution is 2.46. The molecule has 2 aromatic carbocycles. The van der Waals surface area contributed by atoms with Crippen molar-refractivity contribution in [3.05, 3.63) is 89.1 Å². The van der Waals surface area contributed by atoms with E-state index in [9.17, 15) is 9.18 Å². The number of nitrogen functional groups attached to an aromatic ring is 1. The van der Waals surface area contributed by atoms with Gasteiger partial charge in [-0.15, -0.1) is 0 Å². The molecule has 0 atom stereocenters. The number of rotatable bonds is 9. The third-order valence-corrected chi connectivity index (χ3v) is 9.09. The lowest BCUT2D eigenvalue weighted by Gasteiger charge is -2.22. The van der Waals surface area contributed by atoms with Crippen LogP contribution in [-0.2, 0) is 4.74 Å². The first-order valence-electron chi connectivity index (χ1n) is 14.4. The Hall–Kier alpha value is -4.35. The van der Waals surface area contributed by atoms with E-state index in [1.54, 1.807) is 36.3 Å². The molecule has 1 aliphatic heterocycles. The van der Waals surface area contributed by atoms with E-state index >= 15 is 0 Å². The number of aromatic nitrogens is 4. The van der Waals surface area contributed by atoms with Crippen LogP contribution >= 0.6 is 11.9 Å². The monoisotopic (exact) mass is 598 g/mol. The fraction of sp³-hybridized carbons (Fsp3) is 0.281. The fourth-order valence-electron chi connectivity index (χ4n) is 5.39. The molecule has 5 aromatic rings. The van der Waals surface area contributed by atoms with Crippen LogP contribution in [0.25, 0.3) is 16.6 Å². The number of hydrogen-bond donors (Lipinski definition) is 3. The van der Waals surface area contributed by atoms with Crippen LogP contribution < -0.4 is 15.2 Å². The van der Waals surface area contributed by atoms with Gasteiger partial charge in [0.05, 0.1) is 29.3 Å². The van der Waals surface area contributed by atoms with Gasteiger partial charge >= 0.3 is 0 Å². The minimum Gasteiger partial charge on any atom is -0.436 e. The molecule has 1 saturated carbocycles. The highest BCUT2D eigenvalue weighted by atomic mass is 32.2. The average molecular weight is 599 g/mol. The van der Waals surface area contributed by atoms with Gasteiger partial charge < -0.3 is 24.9 Å². The third kappa shape index (κ3) is 5.57. The van der Waals surface area contributed by atoms with Crippen molar-refractivity contribution in [1.82, 2.24) is 19.7 Å². The summed E-state index contributed by atoms with van der Waals surface area (Å²) < 4.78 is 30.2. The molecule has 3 aromatic heterocycles. The topological polar surface area (TPSA) is 120 Å². The number of benzene rings is 2. The maximum Gasteiger partial charge on any atom is 0.219 e. The Balaban J connectivity index is 1.13. The number of anilines is 2. The van der Waals surface area contributed by atoms with Crippen LogP contribution in [0.4, 0.5) is 15.9 Å². The molecule has 0 spiro atoms. The highest BCUT2D eigenvalue weighted by molar-refractivity contribution is 8.01. The van der Waals surface area contributed by atoms with Crippen molar-refractivity contribution in [2.45, 2.75) is 43.8 Å². The SMILES string of the molecule is Cc1cc(Oc2ccccc2F)ncc1-n1ncc(C(=O)c2cc3cc(C4CC4)c(NSC4CCOCC4)cc3[nH]2)c1N. The van der Waals surface area contributed by atoms with Gasteiger partial charge in [-0.3, -0.25) is 4.79 Å². The Morgan fingerprint density at radius 1 is 1.14 bits per heavy atom. The number of H-pyrrole nitrogens is 1. The first-order chi connectivity index (χ1) is 20.9. The van der Waals surface area contributed by atoms with Gasteiger partial charge in [-0.2, -0.15) is 5.10 Å². The lowest BCUT2D eigenvalue weighted by Crippen LogP contribution is -2.18. The van der Waals surface area contributed by atoms with Crippen molar-refractivity contribution in [3.63, 3.8) is 0 Å². The van der Waals surface area contributed by atoms with E-state index in [2.05, 4.69) is 31.9 Å². The number of nitrogens with two attached hydrogens (primary N) is 1. The van der Waals surface area contributed by atoms with Gasteiger partial charge in [-0.05, 0) is 91.9 Å². The zero-order chi connectivity index (χ0) is 29.5. The summed E-state index contributed by atoms with van der Waals surface area (Å²) >= 11 is 1.77. The number of para-hydroxylation sites is 1. The summed E-state index contributed by atoms with van der Waals surface area (Å²) in [6.45, 7) is 3.46. The van der Waals surface area contributed by atoms with Crippen LogP contribution in [-0.4, -0.2) is 44.0 Å². The molecule has 7 rings (SSSR count). The number of carbonyl (C=O) groups excluding carboxylic acids is 1. The van der Waals surface area contributed by atoms with Crippen LogP contribution in [0, 0.1) is 12.7 Å². The van der Waals surface area contributed by atoms with E-state index in [1.807, 2.05) is 13.0 Å². The normalized spacial score (nSPS) is 15.6. The minimum atomic E-state index is -0.479. The lowest BCUT2D eigenvalue weighted by molar-refractivity contribution is 0.100. The molecule has 2 aliphatic rings. The summed E-state index contributed by atoms with van der Waals surface area (Å²) in [6.07, 6.45) is 7.45. The summed E-state index contributed by atoms with van der Waals surface area (Å²) in [7, 11) is 0. The zero-order valence-electron chi connectivity index (χ0n) is 23.6. The van der Waals surface area contributed by atoms with E-state index in [0.29, 0.717) is 22.5 Å². The number of nitrogens with zero attached hydrogens (tertiary/aromatic N) is 3. The third-order valence-electron chi connectivity index (χ3n) is 7.95. The molecule has 0 radical (unpaired) electrons. The number of ether oxygens (including phenoxy) is 2. The van der Waals surface area contributed by atoms with Crippen LogP contribution in [0.3, 0.4) is 0 Å². The van der Waals surface area contributed by atoms with Gasteiger partial charge in [-0.25, -0.2) is 14.1 Å². The molecular weight excluding hydrogens is 567 g/mol. The van der Waals surface area contributed by atoms with Crippen LogP contribution in [0.5, 0.6) is 11.6 Å². The number of hydrogen-bond acceptors (Lipinski definition) is 8. The minimum absolute atomic E-state index is 0.0807. The van der Waals surface area contributed by atoms with E-state index < -0.39 is 5.82 Å². The Kier molecular flexibility index (Phi) is 7.28. The van der Waals surface area contributed by atoms with Crippen LogP contribution in [0.2, 0.25) is 0 Å². The van der Waals surface area contributed by atoms with Gasteiger partial charge in [-0.1, -0.05) is 12.1 Å². The zero-order valence-corrected chi connectivity index (χ0v) is 24.4. The number of carbonyl (C=O) groups is 1. The predicted octanol–water partition coefficient (Wildman–Crippen LogP) is 6.92. The molecule has 2 fully saturated rings. The second-order valence-electron chi connectivity index (χ2n) is 11.0. The number of aromatic amines is 1. The molecule has 4 heterocycles. The fourth-order valence-corrected chi connectivity index (χ4v) is 6.29. The molecule has 0 bridgehead atoms.